The number of nitrogens with zero attached hydrogens (tertiary/aromatic N) is 2. The van der Waals surface area contributed by atoms with Crippen LogP contribution in [0.1, 0.15) is 35.6 Å². The van der Waals surface area contributed by atoms with Gasteiger partial charge in [0.15, 0.2) is 0 Å². The van der Waals surface area contributed by atoms with Gasteiger partial charge in [-0.3, -0.25) is 9.69 Å². The van der Waals surface area contributed by atoms with Gasteiger partial charge in [0.25, 0.3) is 0 Å². The summed E-state index contributed by atoms with van der Waals surface area (Å²) in [6.45, 7) is 6.79. The van der Waals surface area contributed by atoms with Gasteiger partial charge < -0.3 is 14.3 Å². The van der Waals surface area contributed by atoms with Crippen molar-refractivity contribution in [3.05, 3.63) is 41.2 Å². The molecule has 1 atom stereocenters. The van der Waals surface area contributed by atoms with E-state index in [1.807, 2.05) is 26.0 Å². The second-order valence-corrected chi connectivity index (χ2v) is 6.17. The van der Waals surface area contributed by atoms with Crippen molar-refractivity contribution >= 4 is 5.91 Å². The first-order chi connectivity index (χ1) is 11.1. The van der Waals surface area contributed by atoms with Gasteiger partial charge in [-0.25, -0.2) is 0 Å². The minimum Gasteiger partial charge on any atom is -0.468 e. The summed E-state index contributed by atoms with van der Waals surface area (Å²) in [6, 6.07) is 3.87. The van der Waals surface area contributed by atoms with Gasteiger partial charge in [0, 0.05) is 18.7 Å². The van der Waals surface area contributed by atoms with Crippen LogP contribution in [-0.4, -0.2) is 29.1 Å². The van der Waals surface area contributed by atoms with Crippen LogP contribution in [0.15, 0.2) is 27.3 Å². The Balaban J connectivity index is 1.52. The number of rotatable bonds is 5. The summed E-state index contributed by atoms with van der Waals surface area (Å²) < 4.78 is 10.5. The molecule has 1 N–H and O–H groups in total. The zero-order chi connectivity index (χ0) is 16.2. The predicted molar refractivity (Wildman–Crippen MR) is 84.5 cm³/mol. The molecule has 1 fully saturated rings. The molecule has 0 saturated carbocycles. The second-order valence-electron chi connectivity index (χ2n) is 6.17. The Morgan fingerprint density at radius 2 is 2.35 bits per heavy atom. The molecular weight excluding hydrogens is 294 g/mol. The maximum atomic E-state index is 12.5. The van der Waals surface area contributed by atoms with Gasteiger partial charge in [0.05, 0.1) is 24.4 Å². The van der Waals surface area contributed by atoms with E-state index >= 15 is 0 Å². The van der Waals surface area contributed by atoms with Crippen molar-refractivity contribution in [2.45, 2.75) is 39.8 Å². The third-order valence-electron chi connectivity index (χ3n) is 4.46. The van der Waals surface area contributed by atoms with E-state index in [9.17, 15) is 4.79 Å². The first kappa shape index (κ1) is 15.8. The molecule has 1 amide bonds. The van der Waals surface area contributed by atoms with Crippen LogP contribution in [0.5, 0.6) is 0 Å². The summed E-state index contributed by atoms with van der Waals surface area (Å²) in [5, 5.41) is 6.94. The van der Waals surface area contributed by atoms with E-state index in [1.165, 1.54) is 0 Å². The van der Waals surface area contributed by atoms with Crippen LogP contribution in [0.2, 0.25) is 0 Å². The lowest BCUT2D eigenvalue weighted by Gasteiger charge is -2.31. The monoisotopic (exact) mass is 317 g/mol. The SMILES string of the molecule is Cc1noc(C)c1CNC(=O)[C@@H]1CCCN(Cc2ccco2)C1. The maximum absolute atomic E-state index is 12.5. The van der Waals surface area contributed by atoms with Gasteiger partial charge in [-0.1, -0.05) is 5.16 Å². The number of furan rings is 1. The van der Waals surface area contributed by atoms with Crippen molar-refractivity contribution in [3.63, 3.8) is 0 Å². The number of aryl methyl sites for hydroxylation is 2. The fourth-order valence-electron chi connectivity index (χ4n) is 3.11. The molecule has 3 heterocycles. The number of carbonyl (C=O) groups is 1. The highest BCUT2D eigenvalue weighted by molar-refractivity contribution is 5.79. The lowest BCUT2D eigenvalue weighted by molar-refractivity contribution is -0.127. The zero-order valence-corrected chi connectivity index (χ0v) is 13.7. The number of nitrogens with one attached hydrogen (secondary N) is 1. The first-order valence-corrected chi connectivity index (χ1v) is 8.07. The van der Waals surface area contributed by atoms with E-state index in [-0.39, 0.29) is 11.8 Å². The molecule has 0 aliphatic carbocycles. The summed E-state index contributed by atoms with van der Waals surface area (Å²) >= 11 is 0. The standard InChI is InChI=1S/C17H23N3O3/c1-12-16(13(2)23-19-12)9-18-17(21)14-5-3-7-20(10-14)11-15-6-4-8-22-15/h4,6,8,14H,3,5,7,9-11H2,1-2H3,(H,18,21)/t14-/m1/s1. The lowest BCUT2D eigenvalue weighted by atomic mass is 9.97. The van der Waals surface area contributed by atoms with E-state index in [4.69, 9.17) is 8.94 Å². The topological polar surface area (TPSA) is 71.5 Å². The van der Waals surface area contributed by atoms with E-state index in [1.54, 1.807) is 6.26 Å². The molecule has 124 valence electrons. The fraction of sp³-hybridized carbons (Fsp3) is 0.529. The highest BCUT2D eigenvalue weighted by atomic mass is 16.5. The van der Waals surface area contributed by atoms with E-state index in [0.29, 0.717) is 6.54 Å². The Kier molecular flexibility index (Phi) is 4.81. The van der Waals surface area contributed by atoms with Gasteiger partial charge in [-0.15, -0.1) is 0 Å². The van der Waals surface area contributed by atoms with Crippen molar-refractivity contribution in [1.29, 1.82) is 0 Å². The molecule has 3 rings (SSSR count). The molecule has 0 spiro atoms. The van der Waals surface area contributed by atoms with Crippen LogP contribution in [0.4, 0.5) is 0 Å². The highest BCUT2D eigenvalue weighted by Crippen LogP contribution is 2.19. The van der Waals surface area contributed by atoms with Gasteiger partial charge in [0.2, 0.25) is 5.91 Å². The van der Waals surface area contributed by atoms with Crippen molar-refractivity contribution in [2.75, 3.05) is 13.1 Å². The van der Waals surface area contributed by atoms with Crippen molar-refractivity contribution < 1.29 is 13.7 Å². The molecule has 1 aliphatic heterocycles. The van der Waals surface area contributed by atoms with Crippen molar-refractivity contribution in [2.24, 2.45) is 5.92 Å². The van der Waals surface area contributed by atoms with Crippen LogP contribution < -0.4 is 5.32 Å². The maximum Gasteiger partial charge on any atom is 0.224 e. The molecule has 23 heavy (non-hydrogen) atoms. The number of hydrogen-bond donors (Lipinski definition) is 1. The Morgan fingerprint density at radius 3 is 3.04 bits per heavy atom. The van der Waals surface area contributed by atoms with Crippen LogP contribution in [0, 0.1) is 19.8 Å². The molecule has 1 saturated heterocycles. The molecule has 0 aromatic carbocycles. The Morgan fingerprint density at radius 1 is 1.48 bits per heavy atom. The normalized spacial score (nSPS) is 19.0. The zero-order valence-electron chi connectivity index (χ0n) is 13.7. The third-order valence-corrected chi connectivity index (χ3v) is 4.46. The summed E-state index contributed by atoms with van der Waals surface area (Å²) in [6.07, 6.45) is 3.65. The average Bonchev–Trinajstić information content (AvgIpc) is 3.16. The molecule has 2 aromatic heterocycles. The van der Waals surface area contributed by atoms with Crippen molar-refractivity contribution in [1.82, 2.24) is 15.4 Å². The Hall–Kier alpha value is -2.08. The summed E-state index contributed by atoms with van der Waals surface area (Å²) in [4.78, 5) is 14.7. The number of carbonyl (C=O) groups excluding carboxylic acids is 1. The average molecular weight is 317 g/mol. The minimum atomic E-state index is 0.0270. The number of aromatic nitrogens is 1. The van der Waals surface area contributed by atoms with Crippen LogP contribution >= 0.6 is 0 Å². The van der Waals surface area contributed by atoms with Gasteiger partial charge in [0.1, 0.15) is 11.5 Å². The van der Waals surface area contributed by atoms with Crippen LogP contribution in [-0.2, 0) is 17.9 Å². The molecule has 6 nitrogen and oxygen atoms in total. The van der Waals surface area contributed by atoms with Gasteiger partial charge >= 0.3 is 0 Å². The largest absolute Gasteiger partial charge is 0.468 e. The van der Waals surface area contributed by atoms with Crippen LogP contribution in [0.3, 0.4) is 0 Å². The van der Waals surface area contributed by atoms with E-state index < -0.39 is 0 Å². The highest BCUT2D eigenvalue weighted by Gasteiger charge is 2.26. The van der Waals surface area contributed by atoms with E-state index in [2.05, 4.69) is 15.4 Å². The molecule has 0 bridgehead atoms. The van der Waals surface area contributed by atoms with Crippen LogP contribution in [0.25, 0.3) is 0 Å². The van der Waals surface area contributed by atoms with Gasteiger partial charge in [-0.2, -0.15) is 0 Å². The summed E-state index contributed by atoms with van der Waals surface area (Å²) in [7, 11) is 0. The van der Waals surface area contributed by atoms with Crippen molar-refractivity contribution in [3.8, 4) is 0 Å². The molecule has 6 heteroatoms. The smallest absolute Gasteiger partial charge is 0.224 e. The molecule has 2 aromatic rings. The molecule has 0 unspecified atom stereocenters. The molecular formula is C17H23N3O3. The number of piperidine rings is 1. The second kappa shape index (κ2) is 7.00. The lowest BCUT2D eigenvalue weighted by Crippen LogP contribution is -2.42. The minimum absolute atomic E-state index is 0.0270. The fourth-order valence-corrected chi connectivity index (χ4v) is 3.11. The number of amides is 1. The Bertz CT molecular complexity index is 629. The Labute approximate surface area is 135 Å². The predicted octanol–water partition coefficient (Wildman–Crippen LogP) is 2.41. The quantitative estimate of drug-likeness (QED) is 0.917. The first-order valence-electron chi connectivity index (χ1n) is 8.07. The van der Waals surface area contributed by atoms with E-state index in [0.717, 1.165) is 55.3 Å². The van der Waals surface area contributed by atoms with Gasteiger partial charge in [-0.05, 0) is 45.4 Å². The molecule has 0 radical (unpaired) electrons. The third kappa shape index (κ3) is 3.82. The summed E-state index contributed by atoms with van der Waals surface area (Å²) in [5.74, 6) is 1.85. The number of hydrogen-bond acceptors (Lipinski definition) is 5. The number of likely N-dealkylation sites (tertiary alicyclic amines) is 1. The molecule has 1 aliphatic rings. The summed E-state index contributed by atoms with van der Waals surface area (Å²) in [5.41, 5.74) is 1.81.